The second kappa shape index (κ2) is 8.46. The van der Waals surface area contributed by atoms with E-state index in [-0.39, 0.29) is 6.04 Å². The van der Waals surface area contributed by atoms with Crippen molar-refractivity contribution >= 4 is 0 Å². The largest absolute Gasteiger partial charge is 0.467 e. The van der Waals surface area contributed by atoms with Gasteiger partial charge in [-0.15, -0.1) is 0 Å². The Morgan fingerprint density at radius 2 is 2.25 bits per heavy atom. The average molecular weight is 333 g/mol. The number of aliphatic hydroxyl groups is 1. The summed E-state index contributed by atoms with van der Waals surface area (Å²) < 4.78 is 13.1. The van der Waals surface area contributed by atoms with Gasteiger partial charge in [0.2, 0.25) is 0 Å². The normalized spacial score (nSPS) is 20.3. The Kier molecular flexibility index (Phi) is 6.07. The lowest BCUT2D eigenvalue weighted by Crippen LogP contribution is -2.46. The molecule has 0 saturated carbocycles. The Hall–Kier alpha value is -1.63. The minimum absolute atomic E-state index is 0.244. The first-order valence-electron chi connectivity index (χ1n) is 8.75. The SMILES string of the molecule is Cc1nccn1CCCCN1CCOCC1CC(O)c1ccco1. The number of morpholine rings is 1. The lowest BCUT2D eigenvalue weighted by molar-refractivity contribution is -0.0290. The van der Waals surface area contributed by atoms with E-state index < -0.39 is 6.10 Å². The summed E-state index contributed by atoms with van der Waals surface area (Å²) in [6, 6.07) is 3.88. The third-order valence-electron chi connectivity index (χ3n) is 4.73. The van der Waals surface area contributed by atoms with E-state index in [0.29, 0.717) is 18.8 Å². The molecule has 132 valence electrons. The molecular formula is C18H27N3O3. The Morgan fingerprint density at radius 3 is 3.00 bits per heavy atom. The molecule has 2 aromatic heterocycles. The minimum Gasteiger partial charge on any atom is -0.467 e. The predicted octanol–water partition coefficient (Wildman–Crippen LogP) is 2.39. The summed E-state index contributed by atoms with van der Waals surface area (Å²) in [7, 11) is 0. The number of furan rings is 1. The minimum atomic E-state index is -0.567. The number of aliphatic hydroxyl groups excluding tert-OH is 1. The Balaban J connectivity index is 1.45. The lowest BCUT2D eigenvalue weighted by Gasteiger charge is -2.36. The van der Waals surface area contributed by atoms with Crippen molar-refractivity contribution in [3.8, 4) is 0 Å². The smallest absolute Gasteiger partial charge is 0.132 e. The highest BCUT2D eigenvalue weighted by molar-refractivity contribution is 5.02. The Bertz CT molecular complexity index is 596. The first-order valence-corrected chi connectivity index (χ1v) is 8.75. The Labute approximate surface area is 143 Å². The summed E-state index contributed by atoms with van der Waals surface area (Å²) in [4.78, 5) is 6.69. The zero-order chi connectivity index (χ0) is 16.8. The van der Waals surface area contributed by atoms with E-state index in [1.165, 1.54) is 0 Å². The van der Waals surface area contributed by atoms with Crippen LogP contribution in [0.4, 0.5) is 0 Å². The molecule has 2 atom stereocenters. The van der Waals surface area contributed by atoms with Crippen molar-refractivity contribution < 1.29 is 14.3 Å². The molecule has 0 aliphatic carbocycles. The van der Waals surface area contributed by atoms with Gasteiger partial charge in [0.15, 0.2) is 0 Å². The molecule has 1 saturated heterocycles. The number of ether oxygens (including phenoxy) is 1. The van der Waals surface area contributed by atoms with Crippen LogP contribution in [-0.2, 0) is 11.3 Å². The van der Waals surface area contributed by atoms with Crippen molar-refractivity contribution in [3.63, 3.8) is 0 Å². The first kappa shape index (κ1) is 17.2. The number of imidazole rings is 1. The topological polar surface area (TPSA) is 63.7 Å². The monoisotopic (exact) mass is 333 g/mol. The van der Waals surface area contributed by atoms with Gasteiger partial charge < -0.3 is 18.8 Å². The quantitative estimate of drug-likeness (QED) is 0.752. The van der Waals surface area contributed by atoms with Gasteiger partial charge in [-0.3, -0.25) is 4.90 Å². The zero-order valence-corrected chi connectivity index (χ0v) is 14.3. The highest BCUT2D eigenvalue weighted by Crippen LogP contribution is 2.23. The summed E-state index contributed by atoms with van der Waals surface area (Å²) >= 11 is 0. The van der Waals surface area contributed by atoms with Crippen LogP contribution in [0.25, 0.3) is 0 Å². The summed E-state index contributed by atoms with van der Waals surface area (Å²) in [6.07, 6.45) is 7.82. The molecule has 6 heteroatoms. The molecule has 0 aromatic carbocycles. The van der Waals surface area contributed by atoms with Crippen LogP contribution in [-0.4, -0.2) is 51.9 Å². The third-order valence-corrected chi connectivity index (χ3v) is 4.73. The summed E-state index contributed by atoms with van der Waals surface area (Å²) in [5.41, 5.74) is 0. The van der Waals surface area contributed by atoms with Gasteiger partial charge in [-0.25, -0.2) is 4.98 Å². The van der Waals surface area contributed by atoms with E-state index in [1.807, 2.05) is 31.5 Å². The average Bonchev–Trinajstić information content (AvgIpc) is 3.25. The number of nitrogens with zero attached hydrogens (tertiary/aromatic N) is 3. The van der Waals surface area contributed by atoms with Crippen molar-refractivity contribution in [2.24, 2.45) is 0 Å². The van der Waals surface area contributed by atoms with Gasteiger partial charge >= 0.3 is 0 Å². The van der Waals surface area contributed by atoms with E-state index >= 15 is 0 Å². The van der Waals surface area contributed by atoms with E-state index in [2.05, 4.69) is 14.5 Å². The van der Waals surface area contributed by atoms with E-state index in [0.717, 1.165) is 44.9 Å². The van der Waals surface area contributed by atoms with Gasteiger partial charge in [0.05, 0.1) is 19.5 Å². The highest BCUT2D eigenvalue weighted by Gasteiger charge is 2.26. The summed E-state index contributed by atoms with van der Waals surface area (Å²) in [5.74, 6) is 1.71. The van der Waals surface area contributed by atoms with Crippen LogP contribution in [0, 0.1) is 6.92 Å². The molecule has 24 heavy (non-hydrogen) atoms. The van der Waals surface area contributed by atoms with Crippen LogP contribution < -0.4 is 0 Å². The van der Waals surface area contributed by atoms with Crippen LogP contribution in [0.2, 0.25) is 0 Å². The van der Waals surface area contributed by atoms with Gasteiger partial charge in [-0.1, -0.05) is 0 Å². The molecule has 1 N–H and O–H groups in total. The number of hydrogen-bond acceptors (Lipinski definition) is 5. The van der Waals surface area contributed by atoms with Crippen LogP contribution in [0.15, 0.2) is 35.2 Å². The third kappa shape index (κ3) is 4.47. The summed E-state index contributed by atoms with van der Waals surface area (Å²) in [5, 5.41) is 10.3. The standard InChI is InChI=1S/C18H27N3O3/c1-15-19-6-9-20(15)7-2-3-8-21-10-12-23-14-16(21)13-17(22)18-5-4-11-24-18/h4-6,9,11,16-17,22H,2-3,7-8,10,12-14H2,1H3. The van der Waals surface area contributed by atoms with E-state index in [1.54, 1.807) is 6.26 Å². The molecule has 0 bridgehead atoms. The van der Waals surface area contributed by atoms with E-state index in [4.69, 9.17) is 9.15 Å². The molecule has 2 unspecified atom stereocenters. The molecular weight excluding hydrogens is 306 g/mol. The fourth-order valence-electron chi connectivity index (χ4n) is 3.29. The van der Waals surface area contributed by atoms with Crippen LogP contribution in [0.3, 0.4) is 0 Å². The predicted molar refractivity (Wildman–Crippen MR) is 90.7 cm³/mol. The van der Waals surface area contributed by atoms with Crippen molar-refractivity contribution in [3.05, 3.63) is 42.4 Å². The maximum absolute atomic E-state index is 10.3. The highest BCUT2D eigenvalue weighted by atomic mass is 16.5. The maximum atomic E-state index is 10.3. The van der Waals surface area contributed by atoms with Gasteiger partial charge in [0.25, 0.3) is 0 Å². The fourth-order valence-corrected chi connectivity index (χ4v) is 3.29. The second-order valence-corrected chi connectivity index (χ2v) is 6.41. The number of rotatable bonds is 8. The van der Waals surface area contributed by atoms with Crippen molar-refractivity contribution in [1.29, 1.82) is 0 Å². The molecule has 1 aliphatic heterocycles. The Morgan fingerprint density at radius 1 is 1.38 bits per heavy atom. The summed E-state index contributed by atoms with van der Waals surface area (Å²) in [6.45, 7) is 6.46. The van der Waals surface area contributed by atoms with Gasteiger partial charge in [0.1, 0.15) is 17.7 Å². The van der Waals surface area contributed by atoms with Crippen molar-refractivity contribution in [2.45, 2.75) is 44.9 Å². The van der Waals surface area contributed by atoms with Crippen molar-refractivity contribution in [1.82, 2.24) is 14.5 Å². The molecule has 0 amide bonds. The molecule has 0 spiro atoms. The number of hydrogen-bond donors (Lipinski definition) is 1. The fraction of sp³-hybridized carbons (Fsp3) is 0.611. The molecule has 3 rings (SSSR count). The molecule has 1 fully saturated rings. The van der Waals surface area contributed by atoms with Crippen LogP contribution in [0.1, 0.15) is 37.0 Å². The number of aryl methyl sites for hydroxylation is 2. The number of unbranched alkanes of at least 4 members (excludes halogenated alkanes) is 1. The molecule has 1 aliphatic rings. The maximum Gasteiger partial charge on any atom is 0.132 e. The molecule has 6 nitrogen and oxygen atoms in total. The van der Waals surface area contributed by atoms with Crippen molar-refractivity contribution in [2.75, 3.05) is 26.3 Å². The second-order valence-electron chi connectivity index (χ2n) is 6.41. The van der Waals surface area contributed by atoms with Gasteiger partial charge in [-0.2, -0.15) is 0 Å². The zero-order valence-electron chi connectivity index (χ0n) is 14.3. The number of aromatic nitrogens is 2. The molecule has 3 heterocycles. The molecule has 0 radical (unpaired) electrons. The molecule has 2 aromatic rings. The van der Waals surface area contributed by atoms with Gasteiger partial charge in [0, 0.05) is 31.5 Å². The first-order chi connectivity index (χ1) is 11.7. The lowest BCUT2D eigenvalue weighted by atomic mass is 10.0. The van der Waals surface area contributed by atoms with E-state index in [9.17, 15) is 5.11 Å². The van der Waals surface area contributed by atoms with Crippen LogP contribution >= 0.6 is 0 Å². The van der Waals surface area contributed by atoms with Crippen LogP contribution in [0.5, 0.6) is 0 Å². The van der Waals surface area contributed by atoms with Gasteiger partial charge in [-0.05, 0) is 44.9 Å².